The average Bonchev–Trinajstić information content (AvgIpc) is 3.34. The maximum atomic E-state index is 14.7. The summed E-state index contributed by atoms with van der Waals surface area (Å²) in [5.74, 6) is -3.69. The molecule has 3 aliphatic rings. The van der Waals surface area contributed by atoms with Gasteiger partial charge in [0, 0.05) is 25.2 Å². The van der Waals surface area contributed by atoms with Crippen molar-refractivity contribution in [3.8, 4) is 0 Å². The summed E-state index contributed by atoms with van der Waals surface area (Å²) in [6, 6.07) is 0.742. The number of carbonyl (C=O) groups is 2. The molecule has 1 saturated heterocycles. The number of ether oxygens (including phenoxy) is 2. The molecule has 0 N–H and O–H groups in total. The Hall–Kier alpha value is -3.30. The molecular formula is C19H16F3N3O4. The van der Waals surface area contributed by atoms with E-state index in [1.165, 1.54) is 12.3 Å². The Balaban J connectivity index is 1.54. The number of hydrogen-bond donors (Lipinski definition) is 0. The average molecular weight is 407 g/mol. The van der Waals surface area contributed by atoms with E-state index in [1.807, 2.05) is 0 Å². The summed E-state index contributed by atoms with van der Waals surface area (Å²) >= 11 is 0. The SMILES string of the molecule is O=C1C=CN(c2c(F)cc(N3C[C@H](COC4=NCC=C4)OC3=O)c(F)c2F)CC1. The van der Waals surface area contributed by atoms with Gasteiger partial charge in [0.25, 0.3) is 0 Å². The molecule has 152 valence electrons. The Bertz CT molecular complexity index is 961. The monoisotopic (exact) mass is 407 g/mol. The van der Waals surface area contributed by atoms with Crippen LogP contribution < -0.4 is 9.80 Å². The molecule has 0 saturated carbocycles. The molecule has 3 aliphatic heterocycles. The van der Waals surface area contributed by atoms with Crippen LogP contribution in [0.3, 0.4) is 0 Å². The van der Waals surface area contributed by atoms with Gasteiger partial charge in [-0.25, -0.2) is 23.0 Å². The van der Waals surface area contributed by atoms with E-state index in [0.717, 1.165) is 15.9 Å². The van der Waals surface area contributed by atoms with E-state index in [4.69, 9.17) is 9.47 Å². The largest absolute Gasteiger partial charge is 0.474 e. The van der Waals surface area contributed by atoms with Crippen molar-refractivity contribution in [2.24, 2.45) is 4.99 Å². The fraction of sp³-hybridized carbons (Fsp3) is 0.316. The van der Waals surface area contributed by atoms with E-state index >= 15 is 0 Å². The van der Waals surface area contributed by atoms with E-state index < -0.39 is 41.0 Å². The normalized spacial score (nSPS) is 21.1. The van der Waals surface area contributed by atoms with Gasteiger partial charge in [-0.15, -0.1) is 0 Å². The van der Waals surface area contributed by atoms with E-state index in [2.05, 4.69) is 4.99 Å². The van der Waals surface area contributed by atoms with Crippen LogP contribution in [0.25, 0.3) is 0 Å². The van der Waals surface area contributed by atoms with Crippen LogP contribution in [-0.2, 0) is 14.3 Å². The summed E-state index contributed by atoms with van der Waals surface area (Å²) in [4.78, 5) is 29.3. The van der Waals surface area contributed by atoms with E-state index in [-0.39, 0.29) is 31.9 Å². The number of cyclic esters (lactones) is 1. The smallest absolute Gasteiger partial charge is 0.414 e. The van der Waals surface area contributed by atoms with Gasteiger partial charge in [0.1, 0.15) is 12.3 Å². The third-order valence-electron chi connectivity index (χ3n) is 4.64. The van der Waals surface area contributed by atoms with Gasteiger partial charge in [-0.2, -0.15) is 0 Å². The topological polar surface area (TPSA) is 71.4 Å². The van der Waals surface area contributed by atoms with Crippen molar-refractivity contribution < 1.29 is 32.2 Å². The minimum Gasteiger partial charge on any atom is -0.474 e. The molecular weight excluding hydrogens is 391 g/mol. The molecule has 0 aliphatic carbocycles. The van der Waals surface area contributed by atoms with Gasteiger partial charge >= 0.3 is 6.09 Å². The van der Waals surface area contributed by atoms with Crippen molar-refractivity contribution in [3.05, 3.63) is 47.9 Å². The van der Waals surface area contributed by atoms with Crippen LogP contribution in [0, 0.1) is 17.5 Å². The summed E-state index contributed by atoms with van der Waals surface area (Å²) in [6.07, 6.45) is 4.19. The highest BCUT2D eigenvalue weighted by molar-refractivity contribution is 5.92. The summed E-state index contributed by atoms with van der Waals surface area (Å²) in [6.45, 7) is 0.361. The van der Waals surface area contributed by atoms with Crippen molar-refractivity contribution in [1.82, 2.24) is 0 Å². The highest BCUT2D eigenvalue weighted by Crippen LogP contribution is 2.35. The van der Waals surface area contributed by atoms with Crippen LogP contribution in [0.5, 0.6) is 0 Å². The molecule has 29 heavy (non-hydrogen) atoms. The molecule has 3 heterocycles. The third-order valence-corrected chi connectivity index (χ3v) is 4.64. The van der Waals surface area contributed by atoms with Gasteiger partial charge in [-0.1, -0.05) is 6.08 Å². The number of amides is 1. The van der Waals surface area contributed by atoms with Gasteiger partial charge < -0.3 is 14.4 Å². The lowest BCUT2D eigenvalue weighted by molar-refractivity contribution is -0.114. The number of ketones is 1. The van der Waals surface area contributed by atoms with Gasteiger partial charge in [-0.3, -0.25) is 9.69 Å². The van der Waals surface area contributed by atoms with Crippen molar-refractivity contribution in [2.45, 2.75) is 12.5 Å². The Morgan fingerprint density at radius 2 is 2.03 bits per heavy atom. The van der Waals surface area contributed by atoms with Crippen LogP contribution in [0.1, 0.15) is 6.42 Å². The predicted octanol–water partition coefficient (Wildman–Crippen LogP) is 2.71. The summed E-state index contributed by atoms with van der Waals surface area (Å²) < 4.78 is 54.4. The number of anilines is 2. The standard InChI is InChI=1S/C19H16F3N3O4/c20-13-8-14(16(21)17(22)18(13)24-6-3-11(26)4-7-24)25-9-12(29-19(25)27)10-28-15-2-1-5-23-15/h1-3,6,8,12H,4-5,7,9-10H2/t12-/m1/s1. The molecule has 0 radical (unpaired) electrons. The Kier molecular flexibility index (Phi) is 4.99. The molecule has 0 aromatic heterocycles. The molecule has 0 unspecified atom stereocenters. The zero-order valence-electron chi connectivity index (χ0n) is 15.1. The summed E-state index contributed by atoms with van der Waals surface area (Å²) in [5, 5.41) is 0. The first-order valence-corrected chi connectivity index (χ1v) is 8.91. The number of carbonyl (C=O) groups excluding carboxylic acids is 2. The first-order chi connectivity index (χ1) is 13.9. The van der Waals surface area contributed by atoms with Crippen LogP contribution in [0.2, 0.25) is 0 Å². The maximum Gasteiger partial charge on any atom is 0.414 e. The van der Waals surface area contributed by atoms with Gasteiger partial charge in [-0.05, 0) is 12.2 Å². The highest BCUT2D eigenvalue weighted by atomic mass is 19.2. The van der Waals surface area contributed by atoms with Crippen molar-refractivity contribution >= 4 is 29.1 Å². The van der Waals surface area contributed by atoms with Gasteiger partial charge in [0.05, 0.1) is 18.8 Å². The predicted molar refractivity (Wildman–Crippen MR) is 97.4 cm³/mol. The zero-order valence-corrected chi connectivity index (χ0v) is 15.1. The Morgan fingerprint density at radius 3 is 2.72 bits per heavy atom. The Labute approximate surface area is 163 Å². The number of rotatable bonds is 4. The van der Waals surface area contributed by atoms with Gasteiger partial charge in [0.2, 0.25) is 5.90 Å². The quantitative estimate of drug-likeness (QED) is 0.718. The molecule has 4 rings (SSSR count). The lowest BCUT2D eigenvalue weighted by Gasteiger charge is -2.25. The minimum atomic E-state index is -1.45. The van der Waals surface area contributed by atoms with Crippen LogP contribution in [-0.4, -0.2) is 50.1 Å². The third kappa shape index (κ3) is 3.69. The summed E-state index contributed by atoms with van der Waals surface area (Å²) in [7, 11) is 0. The molecule has 0 spiro atoms. The number of nitrogens with zero attached hydrogens (tertiary/aromatic N) is 3. The first kappa shape index (κ1) is 19.0. The highest BCUT2D eigenvalue weighted by Gasteiger charge is 2.37. The number of allylic oxidation sites excluding steroid dienone is 1. The zero-order chi connectivity index (χ0) is 20.5. The molecule has 7 nitrogen and oxygen atoms in total. The number of aliphatic imine (C=N–C) groups is 1. The van der Waals surface area contributed by atoms with E-state index in [9.17, 15) is 22.8 Å². The molecule has 1 atom stereocenters. The second-order valence-corrected chi connectivity index (χ2v) is 6.59. The molecule has 10 heteroatoms. The fourth-order valence-corrected chi connectivity index (χ4v) is 3.21. The van der Waals surface area contributed by atoms with E-state index in [0.29, 0.717) is 12.4 Å². The van der Waals surface area contributed by atoms with Crippen LogP contribution >= 0.6 is 0 Å². The van der Waals surface area contributed by atoms with Crippen LogP contribution in [0.15, 0.2) is 35.5 Å². The van der Waals surface area contributed by atoms with Crippen molar-refractivity contribution in [2.75, 3.05) is 36.0 Å². The lowest BCUT2D eigenvalue weighted by Crippen LogP contribution is -2.29. The Morgan fingerprint density at radius 1 is 1.21 bits per heavy atom. The second-order valence-electron chi connectivity index (χ2n) is 6.59. The lowest BCUT2D eigenvalue weighted by atomic mass is 10.1. The molecule has 0 bridgehead atoms. The summed E-state index contributed by atoms with van der Waals surface area (Å²) in [5.41, 5.74) is -1.18. The van der Waals surface area contributed by atoms with Gasteiger partial charge in [0.15, 0.2) is 29.3 Å². The first-order valence-electron chi connectivity index (χ1n) is 8.91. The van der Waals surface area contributed by atoms with Crippen molar-refractivity contribution in [1.29, 1.82) is 0 Å². The molecule has 1 aromatic rings. The second kappa shape index (κ2) is 7.61. The van der Waals surface area contributed by atoms with E-state index in [1.54, 1.807) is 12.2 Å². The minimum absolute atomic E-state index is 0.0193. The van der Waals surface area contributed by atoms with Crippen LogP contribution in [0.4, 0.5) is 29.3 Å². The van der Waals surface area contributed by atoms with Crippen molar-refractivity contribution in [3.63, 3.8) is 0 Å². The maximum absolute atomic E-state index is 14.7. The number of halogens is 3. The fourth-order valence-electron chi connectivity index (χ4n) is 3.21. The number of hydrogen-bond acceptors (Lipinski definition) is 6. The molecule has 1 aromatic carbocycles. The number of benzene rings is 1. The molecule has 1 fully saturated rings. The molecule has 1 amide bonds.